The summed E-state index contributed by atoms with van der Waals surface area (Å²) in [6.07, 6.45) is 2.18. The Kier molecular flexibility index (Phi) is 4.88. The third-order valence-corrected chi connectivity index (χ3v) is 3.88. The van der Waals surface area contributed by atoms with E-state index in [1.165, 1.54) is 18.2 Å². The maximum atomic E-state index is 12.4. The largest absolute Gasteiger partial charge is 0.506 e. The lowest BCUT2D eigenvalue weighted by Crippen LogP contribution is -2.29. The number of benzene rings is 2. The van der Waals surface area contributed by atoms with Crippen LogP contribution in [0.4, 0.5) is 0 Å². The molecule has 114 valence electrons. The zero-order valence-electron chi connectivity index (χ0n) is 12.3. The smallest absolute Gasteiger partial charge is 0.339 e. The van der Waals surface area contributed by atoms with E-state index in [4.69, 9.17) is 16.3 Å². The van der Waals surface area contributed by atoms with E-state index in [0.717, 1.165) is 5.56 Å². The van der Waals surface area contributed by atoms with Crippen molar-refractivity contribution in [3.05, 3.63) is 77.3 Å². The first-order valence-electron chi connectivity index (χ1n) is 6.93. The molecule has 1 unspecified atom stereocenters. The Hall–Kier alpha value is -2.26. The number of phenolic OH excluding ortho intramolecular Hbond substituents is 1. The summed E-state index contributed by atoms with van der Waals surface area (Å²) in [5.74, 6) is -0.598. The van der Waals surface area contributed by atoms with Crippen LogP contribution in [0.5, 0.6) is 5.75 Å². The maximum absolute atomic E-state index is 12.4. The first kappa shape index (κ1) is 16.1. The molecule has 0 aliphatic heterocycles. The van der Waals surface area contributed by atoms with Crippen molar-refractivity contribution in [2.24, 2.45) is 0 Å². The van der Waals surface area contributed by atoms with Crippen molar-refractivity contribution in [2.75, 3.05) is 0 Å². The Morgan fingerprint density at radius 3 is 2.55 bits per heavy atom. The molecule has 2 rings (SSSR count). The normalized spacial score (nSPS) is 13.2. The van der Waals surface area contributed by atoms with Gasteiger partial charge in [-0.25, -0.2) is 4.79 Å². The van der Waals surface area contributed by atoms with Crippen molar-refractivity contribution >= 4 is 17.6 Å². The lowest BCUT2D eigenvalue weighted by Gasteiger charge is -2.30. The van der Waals surface area contributed by atoms with Crippen LogP contribution in [-0.4, -0.2) is 11.1 Å². The lowest BCUT2D eigenvalue weighted by atomic mass is 9.91. The van der Waals surface area contributed by atoms with Crippen LogP contribution in [0.2, 0.25) is 5.02 Å². The molecule has 2 aromatic carbocycles. The van der Waals surface area contributed by atoms with Gasteiger partial charge in [0.25, 0.3) is 0 Å². The fraction of sp³-hybridized carbons (Fsp3) is 0.167. The summed E-state index contributed by atoms with van der Waals surface area (Å²) in [7, 11) is 0. The third kappa shape index (κ3) is 3.15. The molecule has 0 aliphatic rings. The van der Waals surface area contributed by atoms with Crippen molar-refractivity contribution in [3.8, 4) is 5.75 Å². The molecule has 1 N–H and O–H groups in total. The van der Waals surface area contributed by atoms with E-state index >= 15 is 0 Å². The molecule has 22 heavy (non-hydrogen) atoms. The van der Waals surface area contributed by atoms with Gasteiger partial charge in [0.1, 0.15) is 5.75 Å². The van der Waals surface area contributed by atoms with E-state index in [0.29, 0.717) is 6.42 Å². The molecule has 0 aliphatic carbocycles. The number of hydrogen-bond acceptors (Lipinski definition) is 3. The number of carbonyl (C=O) groups excluding carboxylic acids is 1. The minimum atomic E-state index is -0.900. The average Bonchev–Trinajstić information content (AvgIpc) is 2.56. The van der Waals surface area contributed by atoms with Crippen LogP contribution in [0.1, 0.15) is 29.3 Å². The highest BCUT2D eigenvalue weighted by Crippen LogP contribution is 2.32. The molecule has 0 amide bonds. The number of aromatic hydroxyl groups is 1. The van der Waals surface area contributed by atoms with Crippen molar-refractivity contribution < 1.29 is 14.6 Å². The summed E-state index contributed by atoms with van der Waals surface area (Å²) in [6, 6.07) is 13.7. The van der Waals surface area contributed by atoms with Gasteiger partial charge in [0.05, 0.1) is 10.6 Å². The molecule has 0 spiro atoms. The van der Waals surface area contributed by atoms with Crippen LogP contribution < -0.4 is 0 Å². The maximum Gasteiger partial charge on any atom is 0.339 e. The second-order valence-electron chi connectivity index (χ2n) is 4.87. The molecule has 0 saturated heterocycles. The minimum absolute atomic E-state index is 0.0771. The molecular formula is C18H17ClO3. The Bertz CT molecular complexity index is 682. The summed E-state index contributed by atoms with van der Waals surface area (Å²) >= 11 is 5.84. The van der Waals surface area contributed by atoms with Gasteiger partial charge < -0.3 is 9.84 Å². The Morgan fingerprint density at radius 1 is 1.32 bits per heavy atom. The number of halogens is 1. The van der Waals surface area contributed by atoms with Gasteiger partial charge in [0.15, 0.2) is 5.60 Å². The van der Waals surface area contributed by atoms with Gasteiger partial charge in [-0.15, -0.1) is 0 Å². The Labute approximate surface area is 134 Å². The number of rotatable bonds is 5. The van der Waals surface area contributed by atoms with E-state index in [-0.39, 0.29) is 16.3 Å². The second kappa shape index (κ2) is 6.67. The quantitative estimate of drug-likeness (QED) is 0.642. The first-order valence-corrected chi connectivity index (χ1v) is 7.31. The Morgan fingerprint density at radius 2 is 2.00 bits per heavy atom. The van der Waals surface area contributed by atoms with Crippen molar-refractivity contribution in [1.29, 1.82) is 0 Å². The second-order valence-corrected chi connectivity index (χ2v) is 5.28. The summed E-state index contributed by atoms with van der Waals surface area (Å²) in [5, 5.41) is 9.53. The summed E-state index contributed by atoms with van der Waals surface area (Å²) in [6.45, 7) is 5.74. The molecule has 0 saturated carbocycles. The minimum Gasteiger partial charge on any atom is -0.506 e. The molecule has 0 fully saturated rings. The van der Waals surface area contributed by atoms with Gasteiger partial charge in [0, 0.05) is 0 Å². The van der Waals surface area contributed by atoms with E-state index < -0.39 is 11.6 Å². The van der Waals surface area contributed by atoms with E-state index in [1.54, 1.807) is 6.08 Å². The van der Waals surface area contributed by atoms with Gasteiger partial charge in [-0.05, 0) is 36.3 Å². The molecule has 4 heteroatoms. The molecule has 0 bridgehead atoms. The third-order valence-electron chi connectivity index (χ3n) is 3.58. The lowest BCUT2D eigenvalue weighted by molar-refractivity contribution is 0.000245. The van der Waals surface area contributed by atoms with E-state index in [2.05, 4.69) is 6.58 Å². The molecule has 1 atom stereocenters. The average molecular weight is 317 g/mol. The number of ether oxygens (including phenoxy) is 1. The van der Waals surface area contributed by atoms with Gasteiger partial charge in [0.2, 0.25) is 0 Å². The number of carbonyl (C=O) groups is 1. The fourth-order valence-electron chi connectivity index (χ4n) is 2.22. The van der Waals surface area contributed by atoms with E-state index in [1.807, 2.05) is 37.3 Å². The number of esters is 1. The van der Waals surface area contributed by atoms with Crippen LogP contribution in [0.3, 0.4) is 0 Å². The van der Waals surface area contributed by atoms with Gasteiger partial charge in [-0.1, -0.05) is 55.4 Å². The fourth-order valence-corrected chi connectivity index (χ4v) is 2.40. The predicted octanol–water partition coefficient (Wildman–Crippen LogP) is 4.69. The highest BCUT2D eigenvalue weighted by Gasteiger charge is 2.31. The number of hydrogen-bond donors (Lipinski definition) is 1. The molecule has 2 aromatic rings. The van der Waals surface area contributed by atoms with Crippen LogP contribution >= 0.6 is 11.6 Å². The van der Waals surface area contributed by atoms with Crippen LogP contribution in [0.15, 0.2) is 61.2 Å². The topological polar surface area (TPSA) is 46.5 Å². The monoisotopic (exact) mass is 316 g/mol. The SMILES string of the molecule is C=CC(CC)(OC(=O)c1ccc(O)c(Cl)c1)c1ccccc1. The summed E-state index contributed by atoms with van der Waals surface area (Å²) in [4.78, 5) is 12.4. The highest BCUT2D eigenvalue weighted by molar-refractivity contribution is 6.32. The molecule has 0 heterocycles. The number of phenols is 1. The first-order chi connectivity index (χ1) is 10.5. The standard InChI is InChI=1S/C18H17ClO3/c1-3-18(4-2,14-8-6-5-7-9-14)22-17(21)13-10-11-16(20)15(19)12-13/h3,5-12,20H,1,4H2,2H3. The van der Waals surface area contributed by atoms with Crippen LogP contribution in [-0.2, 0) is 10.3 Å². The van der Waals surface area contributed by atoms with Crippen molar-refractivity contribution in [2.45, 2.75) is 18.9 Å². The zero-order valence-corrected chi connectivity index (χ0v) is 13.0. The van der Waals surface area contributed by atoms with Gasteiger partial charge in [-0.3, -0.25) is 0 Å². The zero-order chi connectivity index (χ0) is 16.2. The van der Waals surface area contributed by atoms with E-state index in [9.17, 15) is 9.90 Å². The van der Waals surface area contributed by atoms with Crippen molar-refractivity contribution in [3.63, 3.8) is 0 Å². The van der Waals surface area contributed by atoms with Crippen molar-refractivity contribution in [1.82, 2.24) is 0 Å². The van der Waals surface area contributed by atoms with Gasteiger partial charge in [-0.2, -0.15) is 0 Å². The van der Waals surface area contributed by atoms with Gasteiger partial charge >= 0.3 is 5.97 Å². The van der Waals surface area contributed by atoms with Crippen LogP contribution in [0.25, 0.3) is 0 Å². The molecule has 3 nitrogen and oxygen atoms in total. The summed E-state index contributed by atoms with van der Waals surface area (Å²) < 4.78 is 5.71. The predicted molar refractivity (Wildman–Crippen MR) is 87.1 cm³/mol. The molecule has 0 radical (unpaired) electrons. The Balaban J connectivity index is 2.33. The molecular weight excluding hydrogens is 300 g/mol. The summed E-state index contributed by atoms with van der Waals surface area (Å²) in [5.41, 5.74) is 0.229. The molecule has 0 aromatic heterocycles. The van der Waals surface area contributed by atoms with Crippen LogP contribution in [0, 0.1) is 0 Å². The highest BCUT2D eigenvalue weighted by atomic mass is 35.5.